The van der Waals surface area contributed by atoms with Crippen molar-refractivity contribution in [1.29, 1.82) is 5.26 Å². The Kier molecular flexibility index (Phi) is 7.30. The summed E-state index contributed by atoms with van der Waals surface area (Å²) in [5.41, 5.74) is 0.921. The monoisotopic (exact) mass is 559 g/mol. The van der Waals surface area contributed by atoms with E-state index in [0.717, 1.165) is 49.5 Å². The summed E-state index contributed by atoms with van der Waals surface area (Å²) in [7, 11) is 4.01. The fourth-order valence-electron chi connectivity index (χ4n) is 5.93. The van der Waals surface area contributed by atoms with E-state index in [1.807, 2.05) is 42.3 Å². The maximum absolute atomic E-state index is 16.5. The van der Waals surface area contributed by atoms with Crippen LogP contribution in [0.2, 0.25) is 5.02 Å². The number of anilines is 1. The van der Waals surface area contributed by atoms with E-state index in [2.05, 4.69) is 28.1 Å². The van der Waals surface area contributed by atoms with Crippen molar-refractivity contribution < 1.29 is 9.13 Å². The predicted molar refractivity (Wildman–Crippen MR) is 155 cm³/mol. The Bertz CT molecular complexity index is 1600. The number of pyridine rings is 1. The van der Waals surface area contributed by atoms with Gasteiger partial charge in [0, 0.05) is 54.4 Å². The standard InChI is InChI=1S/C30H31ClFN7O/c1-37-13-5-10-21(37)17-40-30-35-28-23(29(36-30)38(2)20-9-6-14-39(16-20)18-33)15-34-27(26(28)32)22-11-3-7-19-8-4-12-24(31)25(19)22/h3-4,7-8,11-12,15,20-21H,5-6,9-10,13-14,16-17H2,1-2H3/t20?,21-/m0/s1. The summed E-state index contributed by atoms with van der Waals surface area (Å²) in [6.07, 6.45) is 7.83. The Hall–Kier alpha value is -3.74. The molecule has 2 atom stereocenters. The fraction of sp³-hybridized carbons (Fsp3) is 0.400. The molecule has 4 heterocycles. The van der Waals surface area contributed by atoms with Crippen molar-refractivity contribution in [3.63, 3.8) is 0 Å². The number of fused-ring (bicyclic) bond motifs is 2. The molecule has 1 unspecified atom stereocenters. The van der Waals surface area contributed by atoms with Crippen LogP contribution in [0, 0.1) is 17.3 Å². The third-order valence-electron chi connectivity index (χ3n) is 8.25. The molecule has 40 heavy (non-hydrogen) atoms. The largest absolute Gasteiger partial charge is 0.462 e. The molecule has 0 amide bonds. The zero-order valence-corrected chi connectivity index (χ0v) is 23.4. The Morgan fingerprint density at radius 2 is 1.95 bits per heavy atom. The van der Waals surface area contributed by atoms with Gasteiger partial charge in [-0.05, 0) is 50.7 Å². The molecule has 6 rings (SSSR count). The summed E-state index contributed by atoms with van der Waals surface area (Å²) in [6, 6.07) is 11.7. The number of rotatable bonds is 6. The average Bonchev–Trinajstić information content (AvgIpc) is 3.40. The van der Waals surface area contributed by atoms with Crippen molar-refractivity contribution in [1.82, 2.24) is 24.8 Å². The van der Waals surface area contributed by atoms with Crippen LogP contribution in [0.1, 0.15) is 25.7 Å². The number of hydrogen-bond acceptors (Lipinski definition) is 8. The van der Waals surface area contributed by atoms with E-state index in [0.29, 0.717) is 34.9 Å². The molecule has 2 aliphatic heterocycles. The van der Waals surface area contributed by atoms with Crippen LogP contribution in [-0.4, -0.2) is 77.2 Å². The van der Waals surface area contributed by atoms with Crippen LogP contribution in [0.5, 0.6) is 6.01 Å². The summed E-state index contributed by atoms with van der Waals surface area (Å²) in [5, 5.41) is 12.1. The molecule has 4 aromatic rings. The van der Waals surface area contributed by atoms with E-state index in [9.17, 15) is 5.26 Å². The van der Waals surface area contributed by atoms with Gasteiger partial charge in [0.05, 0.1) is 5.39 Å². The molecule has 2 aliphatic rings. The molecular weight excluding hydrogens is 529 g/mol. The van der Waals surface area contributed by atoms with E-state index in [4.69, 9.17) is 21.3 Å². The molecule has 2 saturated heterocycles. The number of likely N-dealkylation sites (N-methyl/N-ethyl adjacent to an activating group) is 2. The van der Waals surface area contributed by atoms with Gasteiger partial charge in [0.25, 0.3) is 0 Å². The summed E-state index contributed by atoms with van der Waals surface area (Å²) >= 11 is 6.57. The van der Waals surface area contributed by atoms with E-state index < -0.39 is 5.82 Å². The van der Waals surface area contributed by atoms with Crippen molar-refractivity contribution in [2.45, 2.75) is 37.8 Å². The van der Waals surface area contributed by atoms with Crippen LogP contribution in [0.25, 0.3) is 32.9 Å². The van der Waals surface area contributed by atoms with Crippen LogP contribution < -0.4 is 9.64 Å². The van der Waals surface area contributed by atoms with Crippen LogP contribution in [0.3, 0.4) is 0 Å². The lowest BCUT2D eigenvalue weighted by atomic mass is 10.0. The van der Waals surface area contributed by atoms with Gasteiger partial charge in [-0.25, -0.2) is 4.39 Å². The highest BCUT2D eigenvalue weighted by molar-refractivity contribution is 6.36. The molecule has 2 aromatic carbocycles. The van der Waals surface area contributed by atoms with Gasteiger partial charge >= 0.3 is 6.01 Å². The molecule has 0 spiro atoms. The Morgan fingerprint density at radius 3 is 2.73 bits per heavy atom. The maximum atomic E-state index is 16.5. The first-order chi connectivity index (χ1) is 19.4. The van der Waals surface area contributed by atoms with Crippen LogP contribution in [-0.2, 0) is 0 Å². The molecule has 0 radical (unpaired) electrons. The van der Waals surface area contributed by atoms with Crippen molar-refractivity contribution in [2.75, 3.05) is 45.2 Å². The molecule has 206 valence electrons. The van der Waals surface area contributed by atoms with Crippen LogP contribution in [0.4, 0.5) is 10.2 Å². The third-order valence-corrected chi connectivity index (χ3v) is 8.56. The van der Waals surface area contributed by atoms with Gasteiger partial charge < -0.3 is 19.4 Å². The average molecular weight is 560 g/mol. The molecule has 10 heteroatoms. The van der Waals surface area contributed by atoms with Gasteiger partial charge in [0.1, 0.15) is 23.6 Å². The zero-order chi connectivity index (χ0) is 27.8. The number of piperidine rings is 1. The van der Waals surface area contributed by atoms with Gasteiger partial charge in [0.15, 0.2) is 12.0 Å². The molecular formula is C30H31ClFN7O. The predicted octanol–water partition coefficient (Wildman–Crippen LogP) is 5.49. The van der Waals surface area contributed by atoms with Gasteiger partial charge in [-0.1, -0.05) is 41.9 Å². The SMILES string of the molecule is CN(c1nc(OC[C@@H]2CCCN2C)nc2c(F)c(-c3cccc4cccc(Cl)c34)ncc12)C1CCCN(C#N)C1. The topological polar surface area (TPSA) is 81.4 Å². The third kappa shape index (κ3) is 4.87. The van der Waals surface area contributed by atoms with Crippen molar-refractivity contribution in [3.8, 4) is 23.5 Å². The summed E-state index contributed by atoms with van der Waals surface area (Å²) in [6.45, 7) is 2.76. The van der Waals surface area contributed by atoms with Crippen molar-refractivity contribution in [2.24, 2.45) is 0 Å². The van der Waals surface area contributed by atoms with Crippen LogP contribution >= 0.6 is 11.6 Å². The summed E-state index contributed by atoms with van der Waals surface area (Å²) in [4.78, 5) is 20.0. The Morgan fingerprint density at radius 1 is 1.15 bits per heavy atom. The second-order valence-corrected chi connectivity index (χ2v) is 11.1. The number of benzene rings is 2. The second-order valence-electron chi connectivity index (χ2n) is 10.7. The van der Waals surface area contributed by atoms with E-state index in [-0.39, 0.29) is 29.3 Å². The van der Waals surface area contributed by atoms with Gasteiger partial charge in [0.2, 0.25) is 0 Å². The van der Waals surface area contributed by atoms with E-state index in [1.54, 1.807) is 17.2 Å². The zero-order valence-electron chi connectivity index (χ0n) is 22.6. The molecule has 0 aliphatic carbocycles. The molecule has 0 N–H and O–H groups in total. The molecule has 2 aromatic heterocycles. The highest BCUT2D eigenvalue weighted by atomic mass is 35.5. The lowest BCUT2D eigenvalue weighted by molar-refractivity contribution is 0.188. The van der Waals surface area contributed by atoms with E-state index in [1.165, 1.54) is 0 Å². The molecule has 2 fully saturated rings. The molecule has 0 bridgehead atoms. The van der Waals surface area contributed by atoms with Gasteiger partial charge in [-0.15, -0.1) is 0 Å². The number of nitrogens with zero attached hydrogens (tertiary/aromatic N) is 7. The summed E-state index contributed by atoms with van der Waals surface area (Å²) in [5.74, 6) is -0.00873. The maximum Gasteiger partial charge on any atom is 0.319 e. The Labute approximate surface area is 237 Å². The summed E-state index contributed by atoms with van der Waals surface area (Å²) < 4.78 is 22.6. The Balaban J connectivity index is 1.47. The van der Waals surface area contributed by atoms with Gasteiger partial charge in [-0.3, -0.25) is 4.98 Å². The number of nitriles is 1. The molecule has 0 saturated carbocycles. The number of halogens is 2. The van der Waals surface area contributed by atoms with E-state index >= 15 is 4.39 Å². The minimum atomic E-state index is -0.549. The highest BCUT2D eigenvalue weighted by Crippen LogP contribution is 2.37. The lowest BCUT2D eigenvalue weighted by Gasteiger charge is -2.36. The minimum absolute atomic E-state index is 0.0277. The van der Waals surface area contributed by atoms with Crippen molar-refractivity contribution >= 4 is 39.1 Å². The minimum Gasteiger partial charge on any atom is -0.462 e. The smallest absolute Gasteiger partial charge is 0.319 e. The number of aromatic nitrogens is 3. The first-order valence-electron chi connectivity index (χ1n) is 13.7. The molecule has 8 nitrogen and oxygen atoms in total. The second kappa shape index (κ2) is 11.0. The number of likely N-dealkylation sites (tertiary alicyclic amines) is 2. The first-order valence-corrected chi connectivity index (χ1v) is 14.1. The van der Waals surface area contributed by atoms with Crippen LogP contribution in [0.15, 0.2) is 42.6 Å². The van der Waals surface area contributed by atoms with Gasteiger partial charge in [-0.2, -0.15) is 15.2 Å². The highest BCUT2D eigenvalue weighted by Gasteiger charge is 2.28. The first kappa shape index (κ1) is 26.5. The fourth-order valence-corrected chi connectivity index (χ4v) is 6.21. The normalized spacial score (nSPS) is 19.7. The van der Waals surface area contributed by atoms with Crippen molar-refractivity contribution in [3.05, 3.63) is 53.4 Å². The number of ether oxygens (including phenoxy) is 1. The number of hydrogen-bond donors (Lipinski definition) is 0. The quantitative estimate of drug-likeness (QED) is 0.287. The lowest BCUT2D eigenvalue weighted by Crippen LogP contribution is -2.45.